The Kier molecular flexibility index (Phi) is 4.74. The second-order valence-electron chi connectivity index (χ2n) is 8.16. The van der Waals surface area contributed by atoms with Crippen LogP contribution >= 0.6 is 0 Å². The second-order valence-corrected chi connectivity index (χ2v) is 8.16. The van der Waals surface area contributed by atoms with Crippen molar-refractivity contribution >= 4 is 5.78 Å². The van der Waals surface area contributed by atoms with Crippen LogP contribution < -0.4 is 0 Å². The molecule has 1 aliphatic heterocycles. The molecule has 0 saturated carbocycles. The van der Waals surface area contributed by atoms with Gasteiger partial charge in [0.2, 0.25) is 0 Å². The van der Waals surface area contributed by atoms with E-state index in [0.717, 1.165) is 31.3 Å². The molecule has 3 heteroatoms. The van der Waals surface area contributed by atoms with Crippen LogP contribution in [0.15, 0.2) is 34.6 Å². The Morgan fingerprint density at radius 2 is 2.25 bits per heavy atom. The average molecular weight is 330 g/mol. The van der Waals surface area contributed by atoms with Crippen LogP contribution in [0.25, 0.3) is 0 Å². The van der Waals surface area contributed by atoms with Crippen molar-refractivity contribution in [3.05, 3.63) is 34.6 Å². The van der Waals surface area contributed by atoms with Gasteiger partial charge in [0.05, 0.1) is 0 Å². The number of hydrogen-bond acceptors (Lipinski definition) is 3. The number of hydrogen-bond donors (Lipinski definition) is 1. The summed E-state index contributed by atoms with van der Waals surface area (Å²) in [7, 11) is 0. The van der Waals surface area contributed by atoms with Gasteiger partial charge in [0, 0.05) is 24.3 Å². The van der Waals surface area contributed by atoms with Gasteiger partial charge in [-0.25, -0.2) is 0 Å². The summed E-state index contributed by atoms with van der Waals surface area (Å²) in [5, 5.41) is 10.2. The molecule has 3 rings (SSSR count). The van der Waals surface area contributed by atoms with Crippen molar-refractivity contribution in [2.75, 3.05) is 0 Å². The van der Waals surface area contributed by atoms with E-state index in [1.165, 1.54) is 11.1 Å². The summed E-state index contributed by atoms with van der Waals surface area (Å²) in [6.07, 6.45) is 8.80. The monoisotopic (exact) mass is 330 g/mol. The summed E-state index contributed by atoms with van der Waals surface area (Å²) in [6, 6.07) is 0. The van der Waals surface area contributed by atoms with Gasteiger partial charge in [-0.1, -0.05) is 30.2 Å². The lowest BCUT2D eigenvalue weighted by atomic mass is 9.74. The van der Waals surface area contributed by atoms with Crippen LogP contribution in [0.5, 0.6) is 0 Å². The molecule has 0 fully saturated rings. The fourth-order valence-corrected chi connectivity index (χ4v) is 4.43. The minimum absolute atomic E-state index is 0.167. The summed E-state index contributed by atoms with van der Waals surface area (Å²) in [4.78, 5) is 12.3. The summed E-state index contributed by atoms with van der Waals surface area (Å²) in [5.74, 6) is 1.51. The van der Waals surface area contributed by atoms with Crippen molar-refractivity contribution in [2.24, 2.45) is 11.8 Å². The molecule has 1 heterocycles. The lowest BCUT2D eigenvalue weighted by Gasteiger charge is -2.43. The molecule has 1 N–H and O–H groups in total. The maximum atomic E-state index is 12.3. The highest BCUT2D eigenvalue weighted by molar-refractivity contribution is 5.97. The number of aliphatic hydroxyl groups excluding tert-OH is 1. The minimum Gasteiger partial charge on any atom is -0.488 e. The van der Waals surface area contributed by atoms with E-state index in [-0.39, 0.29) is 17.3 Å². The van der Waals surface area contributed by atoms with Gasteiger partial charge in [0.1, 0.15) is 17.5 Å². The van der Waals surface area contributed by atoms with Crippen molar-refractivity contribution in [2.45, 2.75) is 77.9 Å². The quantitative estimate of drug-likeness (QED) is 0.774. The van der Waals surface area contributed by atoms with Gasteiger partial charge in [-0.05, 0) is 52.4 Å². The Labute approximate surface area is 145 Å². The lowest BCUT2D eigenvalue weighted by molar-refractivity contribution is -0.121. The molecule has 0 aromatic rings. The zero-order valence-corrected chi connectivity index (χ0v) is 15.4. The minimum atomic E-state index is -0.602. The maximum absolute atomic E-state index is 12.3. The van der Waals surface area contributed by atoms with Crippen LogP contribution in [0, 0.1) is 11.8 Å². The molecule has 0 aromatic carbocycles. The molecular weight excluding hydrogens is 300 g/mol. The fraction of sp³-hybridized carbons (Fsp3) is 0.667. The van der Waals surface area contributed by atoms with E-state index in [1.807, 2.05) is 0 Å². The van der Waals surface area contributed by atoms with Crippen LogP contribution in [-0.4, -0.2) is 22.6 Å². The maximum Gasteiger partial charge on any atom is 0.162 e. The van der Waals surface area contributed by atoms with Gasteiger partial charge in [0.25, 0.3) is 0 Å². The first-order chi connectivity index (χ1) is 11.3. The van der Waals surface area contributed by atoms with Crippen LogP contribution in [0.2, 0.25) is 0 Å². The predicted octanol–water partition coefficient (Wildman–Crippen LogP) is 4.47. The predicted molar refractivity (Wildman–Crippen MR) is 95.4 cm³/mol. The van der Waals surface area contributed by atoms with Gasteiger partial charge in [-0.15, -0.1) is 0 Å². The number of ketones is 1. The summed E-state index contributed by atoms with van der Waals surface area (Å²) < 4.78 is 6.25. The molecule has 24 heavy (non-hydrogen) atoms. The van der Waals surface area contributed by atoms with E-state index in [1.54, 1.807) is 0 Å². The largest absolute Gasteiger partial charge is 0.488 e. The summed E-state index contributed by atoms with van der Waals surface area (Å²) in [6.45, 7) is 8.70. The van der Waals surface area contributed by atoms with Crippen molar-refractivity contribution in [1.29, 1.82) is 0 Å². The van der Waals surface area contributed by atoms with Crippen LogP contribution in [0.1, 0.15) is 66.2 Å². The van der Waals surface area contributed by atoms with Crippen LogP contribution in [0.3, 0.4) is 0 Å². The molecule has 0 spiro atoms. The number of aliphatic hydroxyl groups is 1. The van der Waals surface area contributed by atoms with E-state index < -0.39 is 6.10 Å². The third-order valence-electron chi connectivity index (χ3n) is 5.94. The molecule has 3 aliphatic rings. The van der Waals surface area contributed by atoms with E-state index >= 15 is 0 Å². The molecule has 0 radical (unpaired) electrons. The molecule has 2 aliphatic carbocycles. The second kappa shape index (κ2) is 6.51. The first-order valence-corrected chi connectivity index (χ1v) is 9.28. The zero-order valence-electron chi connectivity index (χ0n) is 15.4. The van der Waals surface area contributed by atoms with Crippen molar-refractivity contribution < 1.29 is 14.6 Å². The van der Waals surface area contributed by atoms with Gasteiger partial charge < -0.3 is 9.84 Å². The standard InChI is InChI=1S/C21H30O3/c1-13(2)6-5-7-14(3)15-10-11-21(4)17(15)12-16-18(22)8-9-19(23)20(16)24-21/h6,10,14,17,19,23H,5,7-9,11-12H2,1-4H3. The highest BCUT2D eigenvalue weighted by atomic mass is 16.5. The first kappa shape index (κ1) is 17.5. The summed E-state index contributed by atoms with van der Waals surface area (Å²) in [5.41, 5.74) is 3.27. The smallest absolute Gasteiger partial charge is 0.162 e. The SMILES string of the molecule is CC(C)=CCCC(C)C1=CCC2(C)OC3=C(CC12)C(=O)CCC3O. The van der Waals surface area contributed by atoms with Crippen LogP contribution in [-0.2, 0) is 9.53 Å². The highest BCUT2D eigenvalue weighted by Crippen LogP contribution is 2.51. The Morgan fingerprint density at radius 3 is 2.96 bits per heavy atom. The van der Waals surface area contributed by atoms with Gasteiger partial charge in [-0.2, -0.15) is 0 Å². The molecule has 4 atom stereocenters. The number of Topliss-reactive ketones (excluding diaryl/α,β-unsaturated/α-hetero) is 1. The third kappa shape index (κ3) is 3.11. The van der Waals surface area contributed by atoms with Crippen molar-refractivity contribution in [3.63, 3.8) is 0 Å². The van der Waals surface area contributed by atoms with E-state index in [0.29, 0.717) is 24.5 Å². The van der Waals surface area contributed by atoms with Crippen molar-refractivity contribution in [1.82, 2.24) is 0 Å². The molecule has 3 nitrogen and oxygen atoms in total. The van der Waals surface area contributed by atoms with Crippen molar-refractivity contribution in [3.8, 4) is 0 Å². The topological polar surface area (TPSA) is 46.5 Å². The Morgan fingerprint density at radius 1 is 1.50 bits per heavy atom. The summed E-state index contributed by atoms with van der Waals surface area (Å²) >= 11 is 0. The lowest BCUT2D eigenvalue weighted by Crippen LogP contribution is -2.44. The molecule has 0 aromatic heterocycles. The average Bonchev–Trinajstić information content (AvgIpc) is 2.86. The number of carbonyl (C=O) groups is 1. The molecular formula is C21H30O3. The normalized spacial score (nSPS) is 33.4. The van der Waals surface area contributed by atoms with Gasteiger partial charge in [-0.3, -0.25) is 4.79 Å². The van der Waals surface area contributed by atoms with Crippen LogP contribution in [0.4, 0.5) is 0 Å². The van der Waals surface area contributed by atoms with E-state index in [2.05, 4.69) is 39.8 Å². The Hall–Kier alpha value is -1.35. The third-order valence-corrected chi connectivity index (χ3v) is 5.94. The fourth-order valence-electron chi connectivity index (χ4n) is 4.43. The molecule has 132 valence electrons. The van der Waals surface area contributed by atoms with Gasteiger partial charge in [0.15, 0.2) is 5.78 Å². The van der Waals surface area contributed by atoms with E-state index in [9.17, 15) is 9.90 Å². The van der Waals surface area contributed by atoms with Gasteiger partial charge >= 0.3 is 0 Å². The Balaban J connectivity index is 1.78. The number of rotatable bonds is 4. The molecule has 0 bridgehead atoms. The number of carbonyl (C=O) groups excluding carboxylic acids is 1. The number of fused-ring (bicyclic) bond motifs is 1. The molecule has 0 saturated heterocycles. The zero-order chi connectivity index (χ0) is 17.5. The number of allylic oxidation sites excluding steroid dienone is 3. The Bertz CT molecular complexity index is 621. The molecule has 4 unspecified atom stereocenters. The van der Waals surface area contributed by atoms with E-state index in [4.69, 9.17) is 4.74 Å². The first-order valence-electron chi connectivity index (χ1n) is 9.28. The number of ether oxygens (including phenoxy) is 1. The highest BCUT2D eigenvalue weighted by Gasteiger charge is 2.50. The molecule has 0 amide bonds.